The molecule has 0 aliphatic rings. The fraction of sp³-hybridized carbons (Fsp3) is 0.333. The molecular formula is C12H15N3OS. The van der Waals surface area contributed by atoms with E-state index in [9.17, 15) is 4.79 Å². The van der Waals surface area contributed by atoms with Crippen molar-refractivity contribution in [3.63, 3.8) is 0 Å². The molecule has 90 valence electrons. The molecular weight excluding hydrogens is 234 g/mol. The van der Waals surface area contributed by atoms with Crippen LogP contribution in [0, 0.1) is 6.92 Å². The van der Waals surface area contributed by atoms with Crippen molar-refractivity contribution in [1.29, 1.82) is 0 Å². The summed E-state index contributed by atoms with van der Waals surface area (Å²) in [5.74, 6) is -0.0727. The van der Waals surface area contributed by atoms with E-state index in [-0.39, 0.29) is 11.9 Å². The number of carbonyl (C=O) groups excluding carboxylic acids is 1. The van der Waals surface area contributed by atoms with Crippen molar-refractivity contribution < 1.29 is 4.79 Å². The number of hydrogen-bond donors (Lipinski definition) is 1. The van der Waals surface area contributed by atoms with Crippen LogP contribution in [-0.2, 0) is 7.05 Å². The third kappa shape index (κ3) is 2.55. The molecule has 2 rings (SSSR count). The van der Waals surface area contributed by atoms with Gasteiger partial charge >= 0.3 is 0 Å². The van der Waals surface area contributed by atoms with Gasteiger partial charge in [0.05, 0.1) is 17.3 Å². The normalized spacial score (nSPS) is 12.4. The van der Waals surface area contributed by atoms with Crippen molar-refractivity contribution >= 4 is 17.2 Å². The second-order valence-electron chi connectivity index (χ2n) is 4.01. The van der Waals surface area contributed by atoms with Crippen molar-refractivity contribution in [2.75, 3.05) is 0 Å². The predicted octanol–water partition coefficient (Wildman–Crippen LogP) is 2.28. The summed E-state index contributed by atoms with van der Waals surface area (Å²) in [6, 6.07) is 4.03. The summed E-state index contributed by atoms with van der Waals surface area (Å²) < 4.78 is 1.65. The lowest BCUT2D eigenvalue weighted by molar-refractivity contribution is 0.0940. The third-order valence-corrected chi connectivity index (χ3v) is 3.63. The third-order valence-electron chi connectivity index (χ3n) is 2.58. The molecule has 1 N–H and O–H groups in total. The number of aromatic nitrogens is 2. The van der Waals surface area contributed by atoms with Gasteiger partial charge in [-0.3, -0.25) is 9.48 Å². The summed E-state index contributed by atoms with van der Waals surface area (Å²) in [6.07, 6.45) is 1.74. The maximum absolute atomic E-state index is 12.0. The first-order chi connectivity index (χ1) is 8.08. The van der Waals surface area contributed by atoms with Gasteiger partial charge in [-0.2, -0.15) is 5.10 Å². The quantitative estimate of drug-likeness (QED) is 0.907. The van der Waals surface area contributed by atoms with Crippen LogP contribution in [0.2, 0.25) is 0 Å². The number of rotatable bonds is 3. The van der Waals surface area contributed by atoms with Gasteiger partial charge in [-0.25, -0.2) is 0 Å². The summed E-state index contributed by atoms with van der Waals surface area (Å²) in [6.45, 7) is 3.82. The summed E-state index contributed by atoms with van der Waals surface area (Å²) >= 11 is 1.64. The standard InChI is InChI=1S/C12H15N3OS/c1-8-10(7-15(3)14-8)12(16)13-9(2)11-5-4-6-17-11/h4-7,9H,1-3H3,(H,13,16)/t9-/m0/s1. The van der Waals surface area contributed by atoms with E-state index in [2.05, 4.69) is 10.4 Å². The summed E-state index contributed by atoms with van der Waals surface area (Å²) in [4.78, 5) is 13.2. The van der Waals surface area contributed by atoms with Gasteiger partial charge in [0.25, 0.3) is 5.91 Å². The fourth-order valence-corrected chi connectivity index (χ4v) is 2.44. The van der Waals surface area contributed by atoms with Gasteiger partial charge in [-0.15, -0.1) is 11.3 Å². The summed E-state index contributed by atoms with van der Waals surface area (Å²) in [5, 5.41) is 9.14. The van der Waals surface area contributed by atoms with Crippen LogP contribution >= 0.6 is 11.3 Å². The van der Waals surface area contributed by atoms with Crippen LogP contribution < -0.4 is 5.32 Å². The highest BCUT2D eigenvalue weighted by Gasteiger charge is 2.15. The Morgan fingerprint density at radius 1 is 1.59 bits per heavy atom. The number of nitrogens with zero attached hydrogens (tertiary/aromatic N) is 2. The van der Waals surface area contributed by atoms with E-state index in [1.165, 1.54) is 0 Å². The minimum Gasteiger partial charge on any atom is -0.345 e. The zero-order valence-corrected chi connectivity index (χ0v) is 10.9. The molecule has 0 fully saturated rings. The molecule has 0 radical (unpaired) electrons. The Balaban J connectivity index is 2.09. The smallest absolute Gasteiger partial charge is 0.255 e. The fourth-order valence-electron chi connectivity index (χ4n) is 1.71. The van der Waals surface area contributed by atoms with E-state index < -0.39 is 0 Å². The molecule has 2 heterocycles. The van der Waals surface area contributed by atoms with E-state index in [4.69, 9.17) is 0 Å². The lowest BCUT2D eigenvalue weighted by Gasteiger charge is -2.11. The van der Waals surface area contributed by atoms with Crippen LogP contribution in [0.5, 0.6) is 0 Å². The Kier molecular flexibility index (Phi) is 3.28. The lowest BCUT2D eigenvalue weighted by Crippen LogP contribution is -2.26. The highest BCUT2D eigenvalue weighted by Crippen LogP contribution is 2.18. The maximum Gasteiger partial charge on any atom is 0.255 e. The van der Waals surface area contributed by atoms with Crippen LogP contribution in [0.3, 0.4) is 0 Å². The van der Waals surface area contributed by atoms with E-state index in [1.54, 1.807) is 22.2 Å². The number of aryl methyl sites for hydroxylation is 2. The first kappa shape index (κ1) is 11.9. The Morgan fingerprint density at radius 2 is 2.35 bits per heavy atom. The van der Waals surface area contributed by atoms with Crippen molar-refractivity contribution in [2.45, 2.75) is 19.9 Å². The van der Waals surface area contributed by atoms with Gasteiger partial charge in [0, 0.05) is 18.1 Å². The average molecular weight is 249 g/mol. The van der Waals surface area contributed by atoms with E-state index >= 15 is 0 Å². The summed E-state index contributed by atoms with van der Waals surface area (Å²) in [7, 11) is 1.81. The number of hydrogen-bond acceptors (Lipinski definition) is 3. The topological polar surface area (TPSA) is 46.9 Å². The van der Waals surface area contributed by atoms with E-state index in [0.29, 0.717) is 5.56 Å². The van der Waals surface area contributed by atoms with Gasteiger partial charge in [0.15, 0.2) is 0 Å². The second kappa shape index (κ2) is 4.71. The second-order valence-corrected chi connectivity index (χ2v) is 4.99. The molecule has 2 aromatic rings. The van der Waals surface area contributed by atoms with Crippen LogP contribution in [0.4, 0.5) is 0 Å². The minimum absolute atomic E-state index is 0.0297. The van der Waals surface area contributed by atoms with Gasteiger partial charge in [0.2, 0.25) is 0 Å². The van der Waals surface area contributed by atoms with Crippen molar-refractivity contribution in [3.05, 3.63) is 39.8 Å². The maximum atomic E-state index is 12.0. The number of amides is 1. The van der Waals surface area contributed by atoms with Crippen molar-refractivity contribution in [2.24, 2.45) is 7.05 Å². The zero-order valence-electron chi connectivity index (χ0n) is 10.1. The molecule has 1 amide bonds. The molecule has 0 saturated heterocycles. The van der Waals surface area contributed by atoms with E-state index in [0.717, 1.165) is 10.6 Å². The molecule has 0 spiro atoms. The molecule has 0 aliphatic carbocycles. The summed E-state index contributed by atoms with van der Waals surface area (Å²) in [5.41, 5.74) is 1.39. The van der Waals surface area contributed by atoms with Crippen molar-refractivity contribution in [1.82, 2.24) is 15.1 Å². The predicted molar refractivity (Wildman–Crippen MR) is 68.1 cm³/mol. The van der Waals surface area contributed by atoms with Gasteiger partial charge in [-0.05, 0) is 25.3 Å². The Bertz CT molecular complexity index is 516. The molecule has 0 aromatic carbocycles. The van der Waals surface area contributed by atoms with Crippen LogP contribution in [0.1, 0.15) is 33.9 Å². The molecule has 4 nitrogen and oxygen atoms in total. The largest absolute Gasteiger partial charge is 0.345 e. The minimum atomic E-state index is -0.0727. The number of thiophene rings is 1. The number of nitrogens with one attached hydrogen (secondary N) is 1. The van der Waals surface area contributed by atoms with Gasteiger partial charge in [-0.1, -0.05) is 6.07 Å². The highest BCUT2D eigenvalue weighted by molar-refractivity contribution is 7.10. The monoisotopic (exact) mass is 249 g/mol. The Labute approximate surface area is 104 Å². The molecule has 17 heavy (non-hydrogen) atoms. The average Bonchev–Trinajstić information content (AvgIpc) is 2.87. The first-order valence-corrected chi connectivity index (χ1v) is 6.30. The Morgan fingerprint density at radius 3 is 2.88 bits per heavy atom. The molecule has 1 atom stereocenters. The van der Waals surface area contributed by atoms with E-state index in [1.807, 2.05) is 38.4 Å². The molecule has 0 bridgehead atoms. The van der Waals surface area contributed by atoms with Gasteiger partial charge < -0.3 is 5.32 Å². The lowest BCUT2D eigenvalue weighted by atomic mass is 10.2. The molecule has 2 aromatic heterocycles. The van der Waals surface area contributed by atoms with Crippen LogP contribution in [0.15, 0.2) is 23.7 Å². The SMILES string of the molecule is Cc1nn(C)cc1C(=O)N[C@@H](C)c1cccs1. The highest BCUT2D eigenvalue weighted by atomic mass is 32.1. The van der Waals surface area contributed by atoms with Gasteiger partial charge in [0.1, 0.15) is 0 Å². The first-order valence-electron chi connectivity index (χ1n) is 5.42. The van der Waals surface area contributed by atoms with Crippen LogP contribution in [-0.4, -0.2) is 15.7 Å². The zero-order chi connectivity index (χ0) is 12.4. The van der Waals surface area contributed by atoms with Crippen LogP contribution in [0.25, 0.3) is 0 Å². The molecule has 0 saturated carbocycles. The Hall–Kier alpha value is -1.62. The molecule has 5 heteroatoms. The van der Waals surface area contributed by atoms with Crippen molar-refractivity contribution in [3.8, 4) is 0 Å². The number of carbonyl (C=O) groups is 1. The molecule has 0 aliphatic heterocycles. The molecule has 0 unspecified atom stereocenters.